The fourth-order valence-corrected chi connectivity index (χ4v) is 8.24. The van der Waals surface area contributed by atoms with Crippen molar-refractivity contribution in [3.8, 4) is 33.4 Å². The summed E-state index contributed by atoms with van der Waals surface area (Å²) in [6, 6.07) is 42.1. The largest absolute Gasteiger partial charge is 0.0642 e. The summed E-state index contributed by atoms with van der Waals surface area (Å²) in [7, 11) is 0. The average Bonchev–Trinajstić information content (AvgIpc) is 3.31. The minimum Gasteiger partial charge on any atom is -0.0642 e. The van der Waals surface area contributed by atoms with Crippen LogP contribution in [0.2, 0.25) is 0 Å². The van der Waals surface area contributed by atoms with Crippen molar-refractivity contribution in [3.05, 3.63) is 131 Å². The third kappa shape index (κ3) is 3.76. The third-order valence-electron chi connectivity index (χ3n) is 10.8. The molecule has 7 aromatic rings. The fourth-order valence-electron chi connectivity index (χ4n) is 8.24. The van der Waals surface area contributed by atoms with Gasteiger partial charge in [0.05, 0.1) is 0 Å². The summed E-state index contributed by atoms with van der Waals surface area (Å²) >= 11 is 0. The molecule has 0 amide bonds. The van der Waals surface area contributed by atoms with Crippen LogP contribution < -0.4 is 0 Å². The molecule has 0 nitrogen and oxygen atoms in total. The van der Waals surface area contributed by atoms with Crippen LogP contribution in [0.25, 0.3) is 65.7 Å². The van der Waals surface area contributed by atoms with E-state index in [1.54, 1.807) is 0 Å². The van der Waals surface area contributed by atoms with Crippen molar-refractivity contribution in [1.82, 2.24) is 0 Å². The molecule has 0 aromatic heterocycles. The predicted octanol–water partition coefficient (Wildman–Crippen LogP) is 12.6. The molecule has 44 heavy (non-hydrogen) atoms. The molecule has 8 rings (SSSR count). The molecule has 0 saturated heterocycles. The topological polar surface area (TPSA) is 0 Å². The summed E-state index contributed by atoms with van der Waals surface area (Å²) in [5, 5.41) is 8.13. The molecule has 0 aliphatic heterocycles. The van der Waals surface area contributed by atoms with Gasteiger partial charge in [-0.1, -0.05) is 132 Å². The molecule has 0 bridgehead atoms. The van der Waals surface area contributed by atoms with E-state index in [2.05, 4.69) is 151 Å². The second kappa shape index (κ2) is 9.54. The van der Waals surface area contributed by atoms with Gasteiger partial charge in [0, 0.05) is 5.41 Å². The van der Waals surface area contributed by atoms with Crippen molar-refractivity contribution in [1.29, 1.82) is 0 Å². The molecule has 0 saturated carbocycles. The lowest BCUT2D eigenvalue weighted by atomic mass is 9.73. The molecular weight excluding hydrogens is 528 g/mol. The maximum Gasteiger partial charge on any atom is 0.0210 e. The van der Waals surface area contributed by atoms with E-state index in [-0.39, 0.29) is 10.8 Å². The summed E-state index contributed by atoms with van der Waals surface area (Å²) in [5.41, 5.74) is 13.9. The van der Waals surface area contributed by atoms with Crippen molar-refractivity contribution >= 4 is 32.3 Å². The molecule has 0 radical (unpaired) electrons. The predicted molar refractivity (Wildman–Crippen MR) is 191 cm³/mol. The van der Waals surface area contributed by atoms with Gasteiger partial charge >= 0.3 is 0 Å². The number of aryl methyl sites for hydroxylation is 1. The van der Waals surface area contributed by atoms with Crippen LogP contribution in [0, 0.1) is 6.92 Å². The Hall–Kier alpha value is -4.42. The number of hydrogen-bond donors (Lipinski definition) is 0. The van der Waals surface area contributed by atoms with Crippen molar-refractivity contribution in [2.75, 3.05) is 0 Å². The molecule has 0 heterocycles. The number of fused-ring (bicyclic) bond motifs is 3. The normalized spacial score (nSPS) is 14.0. The monoisotopic (exact) mass is 568 g/mol. The molecule has 0 heteroatoms. The SMILES string of the molecule is CCC1(CC)c2cc(-c3ccccc3C)ccc2-c2ccc(-c3ccc4ccc5cc(C(C)(C)C)cc6ccc3c4c56)cc21. The van der Waals surface area contributed by atoms with Crippen LogP contribution in [-0.2, 0) is 10.8 Å². The lowest BCUT2D eigenvalue weighted by molar-refractivity contribution is 0.491. The van der Waals surface area contributed by atoms with Gasteiger partial charge in [0.25, 0.3) is 0 Å². The second-order valence-corrected chi connectivity index (χ2v) is 14.1. The van der Waals surface area contributed by atoms with Crippen molar-refractivity contribution in [2.24, 2.45) is 0 Å². The van der Waals surface area contributed by atoms with Gasteiger partial charge in [-0.25, -0.2) is 0 Å². The summed E-state index contributed by atoms with van der Waals surface area (Å²) in [4.78, 5) is 0. The van der Waals surface area contributed by atoms with Gasteiger partial charge in [-0.15, -0.1) is 0 Å². The number of rotatable bonds is 4. The molecule has 0 unspecified atom stereocenters. The van der Waals surface area contributed by atoms with Gasteiger partial charge in [0.1, 0.15) is 0 Å². The standard InChI is InChI=1S/C44H40/c1-7-44(8-2)39-25-29(34-12-10-9-11-27(34)3)16-20-36(39)37-21-17-30(26-40(37)44)35-19-15-28-13-14-31-23-33(43(4,5)6)24-32-18-22-38(35)42(28)41(31)32/h9-26H,7-8H2,1-6H3. The molecule has 216 valence electrons. The molecular formula is C44H40. The van der Waals surface area contributed by atoms with E-state index in [9.17, 15) is 0 Å². The van der Waals surface area contributed by atoms with Crippen LogP contribution in [-0.4, -0.2) is 0 Å². The minimum absolute atomic E-state index is 0.00646. The van der Waals surface area contributed by atoms with Crippen LogP contribution in [0.4, 0.5) is 0 Å². The highest BCUT2D eigenvalue weighted by molar-refractivity contribution is 6.25. The Kier molecular flexibility index (Phi) is 5.89. The number of benzene rings is 7. The van der Waals surface area contributed by atoms with E-state index >= 15 is 0 Å². The maximum atomic E-state index is 2.53. The molecule has 1 aliphatic rings. The minimum atomic E-state index is 0.00646. The summed E-state index contributed by atoms with van der Waals surface area (Å²) in [6.45, 7) is 13.9. The highest BCUT2D eigenvalue weighted by Crippen LogP contribution is 2.54. The van der Waals surface area contributed by atoms with E-state index in [4.69, 9.17) is 0 Å². The van der Waals surface area contributed by atoms with Gasteiger partial charge in [-0.3, -0.25) is 0 Å². The van der Waals surface area contributed by atoms with Gasteiger partial charge in [-0.05, 0) is 125 Å². The summed E-state index contributed by atoms with van der Waals surface area (Å²) in [5.74, 6) is 0. The molecule has 1 aliphatic carbocycles. The Morgan fingerprint density at radius 3 is 1.68 bits per heavy atom. The van der Waals surface area contributed by atoms with Gasteiger partial charge < -0.3 is 0 Å². The third-order valence-corrected chi connectivity index (χ3v) is 10.8. The Bertz CT molecular complexity index is 2210. The highest BCUT2D eigenvalue weighted by atomic mass is 14.4. The lowest BCUT2D eigenvalue weighted by Crippen LogP contribution is -2.23. The zero-order valence-corrected chi connectivity index (χ0v) is 26.8. The Morgan fingerprint density at radius 1 is 0.523 bits per heavy atom. The van der Waals surface area contributed by atoms with Crippen molar-refractivity contribution < 1.29 is 0 Å². The highest BCUT2D eigenvalue weighted by Gasteiger charge is 2.41. The first kappa shape index (κ1) is 27.2. The Balaban J connectivity index is 1.32. The molecule has 7 aromatic carbocycles. The first-order valence-electron chi connectivity index (χ1n) is 16.3. The van der Waals surface area contributed by atoms with E-state index in [1.165, 1.54) is 88.0 Å². The molecule has 0 fully saturated rings. The average molecular weight is 569 g/mol. The molecule has 0 atom stereocenters. The zero-order chi connectivity index (χ0) is 30.4. The second-order valence-electron chi connectivity index (χ2n) is 14.1. The lowest BCUT2D eigenvalue weighted by Gasteiger charge is -2.30. The van der Waals surface area contributed by atoms with Crippen LogP contribution >= 0.6 is 0 Å². The Labute approximate surface area is 261 Å². The van der Waals surface area contributed by atoms with Gasteiger partial charge in [-0.2, -0.15) is 0 Å². The van der Waals surface area contributed by atoms with E-state index in [1.807, 2.05) is 0 Å². The maximum absolute atomic E-state index is 2.53. The van der Waals surface area contributed by atoms with Crippen LogP contribution in [0.5, 0.6) is 0 Å². The van der Waals surface area contributed by atoms with Crippen molar-refractivity contribution in [2.45, 2.75) is 65.2 Å². The van der Waals surface area contributed by atoms with Crippen LogP contribution in [0.3, 0.4) is 0 Å². The van der Waals surface area contributed by atoms with Gasteiger partial charge in [0.15, 0.2) is 0 Å². The first-order chi connectivity index (χ1) is 21.2. The van der Waals surface area contributed by atoms with E-state index in [0.717, 1.165) is 12.8 Å². The molecule has 0 spiro atoms. The van der Waals surface area contributed by atoms with Crippen LogP contribution in [0.1, 0.15) is 69.7 Å². The Morgan fingerprint density at radius 2 is 1.07 bits per heavy atom. The van der Waals surface area contributed by atoms with Gasteiger partial charge in [0.2, 0.25) is 0 Å². The first-order valence-corrected chi connectivity index (χ1v) is 16.3. The smallest absolute Gasteiger partial charge is 0.0210 e. The number of hydrogen-bond acceptors (Lipinski definition) is 0. The van der Waals surface area contributed by atoms with Crippen molar-refractivity contribution in [3.63, 3.8) is 0 Å². The van der Waals surface area contributed by atoms with E-state index < -0.39 is 0 Å². The summed E-state index contributed by atoms with van der Waals surface area (Å²) < 4.78 is 0. The zero-order valence-electron chi connectivity index (χ0n) is 26.8. The fraction of sp³-hybridized carbons (Fsp3) is 0.227. The van der Waals surface area contributed by atoms with E-state index in [0.29, 0.717) is 0 Å². The molecule has 0 N–H and O–H groups in total. The summed E-state index contributed by atoms with van der Waals surface area (Å²) in [6.07, 6.45) is 2.16. The quantitative estimate of drug-likeness (QED) is 0.185. The van der Waals surface area contributed by atoms with Crippen LogP contribution in [0.15, 0.2) is 109 Å².